The number of hydrogen-bond donors (Lipinski definition) is 0. The molecule has 0 aromatic heterocycles. The Balaban J connectivity index is 2.24. The molecule has 0 fully saturated rings. The molecule has 0 unspecified atom stereocenters. The van der Waals surface area contributed by atoms with E-state index in [0.717, 1.165) is 25.3 Å². The maximum absolute atomic E-state index is 12.9. The first-order valence-corrected chi connectivity index (χ1v) is 7.31. The highest BCUT2D eigenvalue weighted by atomic mass is 19.4. The Labute approximate surface area is 127 Å². The maximum Gasteiger partial charge on any atom is 0.417 e. The van der Waals surface area contributed by atoms with Gasteiger partial charge in [0.2, 0.25) is 0 Å². The van der Waals surface area contributed by atoms with Gasteiger partial charge in [-0.25, -0.2) is 0 Å². The molecule has 0 saturated carbocycles. The number of carbonyl (C=O) groups excluding carboxylic acids is 2. The van der Waals surface area contributed by atoms with Crippen LogP contribution in [0.15, 0.2) is 35.9 Å². The Morgan fingerprint density at radius 1 is 1.09 bits per heavy atom. The SMILES string of the molecule is O=C1CCCCCC=C1CC(=O)c1ccccc1C(F)(F)F. The summed E-state index contributed by atoms with van der Waals surface area (Å²) in [5.41, 5.74) is -0.966. The number of halogens is 3. The lowest BCUT2D eigenvalue weighted by atomic mass is 9.92. The van der Waals surface area contributed by atoms with Gasteiger partial charge in [0.1, 0.15) is 0 Å². The fourth-order valence-corrected chi connectivity index (χ4v) is 2.57. The first-order valence-electron chi connectivity index (χ1n) is 7.31. The summed E-state index contributed by atoms with van der Waals surface area (Å²) in [6, 6.07) is 4.71. The van der Waals surface area contributed by atoms with Gasteiger partial charge in [-0.2, -0.15) is 13.2 Å². The zero-order chi connectivity index (χ0) is 16.2. The molecule has 118 valence electrons. The third-order valence-corrected chi connectivity index (χ3v) is 3.74. The molecule has 0 saturated heterocycles. The second-order valence-electron chi connectivity index (χ2n) is 5.40. The lowest BCUT2D eigenvalue weighted by molar-refractivity contribution is -0.137. The van der Waals surface area contributed by atoms with E-state index in [1.165, 1.54) is 18.2 Å². The minimum atomic E-state index is -4.58. The molecule has 1 aromatic carbocycles. The summed E-state index contributed by atoms with van der Waals surface area (Å²) in [4.78, 5) is 24.2. The molecular weight excluding hydrogens is 293 g/mol. The lowest BCUT2D eigenvalue weighted by Gasteiger charge is -2.13. The van der Waals surface area contributed by atoms with E-state index in [1.54, 1.807) is 6.08 Å². The molecule has 0 aliphatic heterocycles. The van der Waals surface area contributed by atoms with E-state index in [-0.39, 0.29) is 17.8 Å². The van der Waals surface area contributed by atoms with Gasteiger partial charge in [0.15, 0.2) is 11.6 Å². The van der Waals surface area contributed by atoms with Crippen LogP contribution >= 0.6 is 0 Å². The van der Waals surface area contributed by atoms with Crippen molar-refractivity contribution in [3.8, 4) is 0 Å². The molecule has 1 aliphatic carbocycles. The molecule has 5 heteroatoms. The lowest BCUT2D eigenvalue weighted by Crippen LogP contribution is -2.15. The van der Waals surface area contributed by atoms with Crippen molar-refractivity contribution in [2.24, 2.45) is 0 Å². The number of ketones is 2. The van der Waals surface area contributed by atoms with Crippen molar-refractivity contribution >= 4 is 11.6 Å². The number of hydrogen-bond acceptors (Lipinski definition) is 2. The third kappa shape index (κ3) is 4.06. The van der Waals surface area contributed by atoms with E-state index in [2.05, 4.69) is 0 Å². The average Bonchev–Trinajstić information content (AvgIpc) is 2.46. The van der Waals surface area contributed by atoms with Gasteiger partial charge in [0.25, 0.3) is 0 Å². The zero-order valence-corrected chi connectivity index (χ0v) is 12.1. The molecule has 1 aromatic rings. The molecule has 0 spiro atoms. The Morgan fingerprint density at radius 2 is 1.82 bits per heavy atom. The fraction of sp³-hybridized carbons (Fsp3) is 0.412. The summed E-state index contributed by atoms with van der Waals surface area (Å²) < 4.78 is 38.8. The van der Waals surface area contributed by atoms with E-state index in [0.29, 0.717) is 18.4 Å². The molecule has 0 amide bonds. The normalized spacial score (nSPS) is 16.7. The number of rotatable bonds is 3. The van der Waals surface area contributed by atoms with Gasteiger partial charge in [0.05, 0.1) is 5.56 Å². The van der Waals surface area contributed by atoms with Gasteiger partial charge < -0.3 is 0 Å². The van der Waals surface area contributed by atoms with E-state index in [4.69, 9.17) is 0 Å². The highest BCUT2D eigenvalue weighted by molar-refractivity contribution is 6.06. The molecule has 0 heterocycles. The predicted octanol–water partition coefficient (Wildman–Crippen LogP) is 4.74. The summed E-state index contributed by atoms with van der Waals surface area (Å²) in [5.74, 6) is -0.786. The highest BCUT2D eigenvalue weighted by Crippen LogP contribution is 2.33. The zero-order valence-electron chi connectivity index (χ0n) is 12.1. The monoisotopic (exact) mass is 310 g/mol. The third-order valence-electron chi connectivity index (χ3n) is 3.74. The summed E-state index contributed by atoms with van der Waals surface area (Å²) in [7, 11) is 0. The molecule has 2 nitrogen and oxygen atoms in total. The standard InChI is InChI=1S/C17H17F3O2/c18-17(19,20)14-9-6-5-8-13(14)16(22)11-12-7-3-1-2-4-10-15(12)21/h5-9H,1-4,10-11H2. The van der Waals surface area contributed by atoms with Crippen molar-refractivity contribution in [2.75, 3.05) is 0 Å². The van der Waals surface area contributed by atoms with Gasteiger partial charge in [-0.3, -0.25) is 9.59 Å². The van der Waals surface area contributed by atoms with Gasteiger partial charge in [0, 0.05) is 18.4 Å². The maximum atomic E-state index is 12.9. The van der Waals surface area contributed by atoms with Crippen LogP contribution in [-0.2, 0) is 11.0 Å². The van der Waals surface area contributed by atoms with Crippen molar-refractivity contribution in [2.45, 2.75) is 44.7 Å². The van der Waals surface area contributed by atoms with Crippen LogP contribution in [0.1, 0.15) is 54.4 Å². The second kappa shape index (κ2) is 6.90. The van der Waals surface area contributed by atoms with Crippen LogP contribution < -0.4 is 0 Å². The number of Topliss-reactive ketones (excluding diaryl/α,β-unsaturated/α-hetero) is 2. The summed E-state index contributed by atoms with van der Waals surface area (Å²) in [5, 5.41) is 0. The van der Waals surface area contributed by atoms with Crippen LogP contribution in [-0.4, -0.2) is 11.6 Å². The van der Waals surface area contributed by atoms with Crippen LogP contribution in [0, 0.1) is 0 Å². The van der Waals surface area contributed by atoms with Gasteiger partial charge in [-0.1, -0.05) is 30.7 Å². The molecule has 1 aliphatic rings. The summed E-state index contributed by atoms with van der Waals surface area (Å²) >= 11 is 0. The number of carbonyl (C=O) groups is 2. The number of alkyl halides is 3. The molecule has 2 rings (SSSR count). The Kier molecular flexibility index (Phi) is 5.16. The topological polar surface area (TPSA) is 34.1 Å². The van der Waals surface area contributed by atoms with E-state index in [1.807, 2.05) is 0 Å². The summed E-state index contributed by atoms with van der Waals surface area (Å²) in [6.45, 7) is 0. The highest BCUT2D eigenvalue weighted by Gasteiger charge is 2.34. The number of benzene rings is 1. The van der Waals surface area contributed by atoms with Crippen LogP contribution in [0.2, 0.25) is 0 Å². The van der Waals surface area contributed by atoms with Crippen molar-refractivity contribution in [1.82, 2.24) is 0 Å². The van der Waals surface area contributed by atoms with Gasteiger partial charge in [-0.05, 0) is 30.9 Å². The molecule has 0 N–H and O–H groups in total. The van der Waals surface area contributed by atoms with E-state index >= 15 is 0 Å². The quantitative estimate of drug-likeness (QED) is 0.756. The van der Waals surface area contributed by atoms with Crippen LogP contribution in [0.3, 0.4) is 0 Å². The Bertz CT molecular complexity index is 600. The van der Waals surface area contributed by atoms with Crippen molar-refractivity contribution in [1.29, 1.82) is 0 Å². The smallest absolute Gasteiger partial charge is 0.295 e. The Hall–Kier alpha value is -1.91. The molecule has 0 radical (unpaired) electrons. The predicted molar refractivity (Wildman–Crippen MR) is 76.6 cm³/mol. The Morgan fingerprint density at radius 3 is 2.55 bits per heavy atom. The molecule has 0 bridgehead atoms. The average molecular weight is 310 g/mol. The molecule has 0 atom stereocenters. The van der Waals surface area contributed by atoms with Crippen molar-refractivity contribution in [3.05, 3.63) is 47.0 Å². The van der Waals surface area contributed by atoms with Crippen molar-refractivity contribution < 1.29 is 22.8 Å². The largest absolute Gasteiger partial charge is 0.417 e. The van der Waals surface area contributed by atoms with E-state index < -0.39 is 17.5 Å². The van der Waals surface area contributed by atoms with Crippen LogP contribution in [0.25, 0.3) is 0 Å². The second-order valence-corrected chi connectivity index (χ2v) is 5.40. The van der Waals surface area contributed by atoms with Crippen LogP contribution in [0.5, 0.6) is 0 Å². The van der Waals surface area contributed by atoms with Crippen molar-refractivity contribution in [3.63, 3.8) is 0 Å². The fourth-order valence-electron chi connectivity index (χ4n) is 2.57. The minimum absolute atomic E-state index is 0.127. The molecule has 22 heavy (non-hydrogen) atoms. The van der Waals surface area contributed by atoms with E-state index in [9.17, 15) is 22.8 Å². The first kappa shape index (κ1) is 16.5. The van der Waals surface area contributed by atoms with Gasteiger partial charge >= 0.3 is 6.18 Å². The van der Waals surface area contributed by atoms with Gasteiger partial charge in [-0.15, -0.1) is 0 Å². The summed E-state index contributed by atoms with van der Waals surface area (Å²) in [6.07, 6.45) is 0.580. The van der Waals surface area contributed by atoms with Crippen LogP contribution in [0.4, 0.5) is 13.2 Å². The first-order chi connectivity index (χ1) is 10.4. The number of allylic oxidation sites excluding steroid dienone is 2. The molecular formula is C17H17F3O2. The minimum Gasteiger partial charge on any atom is -0.295 e.